The molecule has 0 aromatic heterocycles. The molecule has 1 unspecified atom stereocenters. The number of aliphatic hydroxyl groups is 1. The molecule has 7 heteroatoms. The number of benzene rings is 1. The van der Waals surface area contributed by atoms with E-state index in [1.165, 1.54) is 12.1 Å². The Morgan fingerprint density at radius 2 is 2.17 bits per heavy atom. The zero-order chi connectivity index (χ0) is 17.2. The van der Waals surface area contributed by atoms with Crippen molar-refractivity contribution in [3.63, 3.8) is 0 Å². The molecular formula is C16H21F3N2O2. The third-order valence-electron chi connectivity index (χ3n) is 3.63. The normalized spacial score (nSPS) is 20.0. The van der Waals surface area contributed by atoms with Gasteiger partial charge in [0.25, 0.3) is 5.92 Å². The van der Waals surface area contributed by atoms with E-state index in [4.69, 9.17) is 9.84 Å². The molecule has 2 atom stereocenters. The van der Waals surface area contributed by atoms with E-state index >= 15 is 0 Å². The number of nitrogens with one attached hydrogen (secondary N) is 1. The van der Waals surface area contributed by atoms with Crippen molar-refractivity contribution in [1.82, 2.24) is 10.4 Å². The molecule has 1 aliphatic heterocycles. The second-order valence-corrected chi connectivity index (χ2v) is 5.74. The molecule has 0 bridgehead atoms. The van der Waals surface area contributed by atoms with Gasteiger partial charge in [0.1, 0.15) is 24.3 Å². The highest BCUT2D eigenvalue weighted by Crippen LogP contribution is 2.32. The molecule has 1 aliphatic rings. The van der Waals surface area contributed by atoms with Gasteiger partial charge in [-0.25, -0.2) is 9.82 Å². The number of hydrogen-bond acceptors (Lipinski definition) is 4. The van der Waals surface area contributed by atoms with Gasteiger partial charge in [0, 0.05) is 5.56 Å². The van der Waals surface area contributed by atoms with Crippen LogP contribution < -0.4 is 5.43 Å². The van der Waals surface area contributed by atoms with Gasteiger partial charge in [-0.2, -0.15) is 8.78 Å². The molecule has 0 saturated carbocycles. The van der Waals surface area contributed by atoms with Gasteiger partial charge in [-0.1, -0.05) is 12.1 Å². The molecule has 128 valence electrons. The van der Waals surface area contributed by atoms with Gasteiger partial charge in [0.15, 0.2) is 0 Å². The van der Waals surface area contributed by atoms with Gasteiger partial charge in [0.05, 0.1) is 24.4 Å². The lowest BCUT2D eigenvalue weighted by Gasteiger charge is -2.33. The SMILES string of the molecule is CC1=CN(NC(C)c2cccc(C(F)(F)CO)c2F)C[C@@H](C)O1. The fourth-order valence-electron chi connectivity index (χ4n) is 2.59. The maximum absolute atomic E-state index is 14.4. The average molecular weight is 330 g/mol. The zero-order valence-corrected chi connectivity index (χ0v) is 13.3. The molecular weight excluding hydrogens is 309 g/mol. The number of aliphatic hydroxyl groups excluding tert-OH is 1. The minimum Gasteiger partial charge on any atom is -0.492 e. The van der Waals surface area contributed by atoms with Gasteiger partial charge in [-0.05, 0) is 26.8 Å². The standard InChI is InChI=1S/C16H21F3N2O2/c1-10-7-21(8-11(2)23-10)20-12(3)13-5-4-6-14(15(13)17)16(18,19)9-22/h4-7,11-12,20,22H,8-9H2,1-3H3/t11-,12?/m1/s1. The highest BCUT2D eigenvalue weighted by molar-refractivity contribution is 5.31. The van der Waals surface area contributed by atoms with Crippen LogP contribution in [0.1, 0.15) is 37.9 Å². The van der Waals surface area contributed by atoms with Gasteiger partial charge < -0.3 is 14.9 Å². The topological polar surface area (TPSA) is 44.7 Å². The number of allylic oxidation sites excluding steroid dienone is 1. The first-order valence-electron chi connectivity index (χ1n) is 7.40. The van der Waals surface area contributed by atoms with E-state index in [1.807, 2.05) is 6.92 Å². The lowest BCUT2D eigenvalue weighted by molar-refractivity contribution is -0.0584. The fourth-order valence-corrected chi connectivity index (χ4v) is 2.59. The molecule has 0 radical (unpaired) electrons. The summed E-state index contributed by atoms with van der Waals surface area (Å²) in [7, 11) is 0. The Labute approximate surface area is 133 Å². The number of hydrogen-bond donors (Lipinski definition) is 2. The zero-order valence-electron chi connectivity index (χ0n) is 13.3. The average Bonchev–Trinajstić information content (AvgIpc) is 2.46. The number of rotatable bonds is 5. The van der Waals surface area contributed by atoms with Crippen molar-refractivity contribution in [3.8, 4) is 0 Å². The van der Waals surface area contributed by atoms with Crippen LogP contribution in [0.15, 0.2) is 30.2 Å². The van der Waals surface area contributed by atoms with E-state index in [1.54, 1.807) is 25.1 Å². The summed E-state index contributed by atoms with van der Waals surface area (Å²) < 4.78 is 47.1. The maximum Gasteiger partial charge on any atom is 0.298 e. The Morgan fingerprint density at radius 1 is 1.48 bits per heavy atom. The van der Waals surface area contributed by atoms with Crippen molar-refractivity contribution in [2.45, 2.75) is 38.8 Å². The van der Waals surface area contributed by atoms with Crippen molar-refractivity contribution >= 4 is 0 Å². The van der Waals surface area contributed by atoms with Crippen LogP contribution >= 0.6 is 0 Å². The van der Waals surface area contributed by atoms with Crippen molar-refractivity contribution in [3.05, 3.63) is 47.1 Å². The van der Waals surface area contributed by atoms with Crippen LogP contribution in [0.5, 0.6) is 0 Å². The summed E-state index contributed by atoms with van der Waals surface area (Å²) in [6, 6.07) is 3.27. The van der Waals surface area contributed by atoms with Gasteiger partial charge in [0.2, 0.25) is 0 Å². The highest BCUT2D eigenvalue weighted by atomic mass is 19.3. The number of ether oxygens (including phenoxy) is 1. The molecule has 0 amide bonds. The number of nitrogens with zero attached hydrogens (tertiary/aromatic N) is 1. The van der Waals surface area contributed by atoms with Crippen LogP contribution in [0.2, 0.25) is 0 Å². The van der Waals surface area contributed by atoms with Crippen molar-refractivity contribution in [2.75, 3.05) is 13.2 Å². The van der Waals surface area contributed by atoms with Gasteiger partial charge >= 0.3 is 0 Å². The first kappa shape index (κ1) is 17.6. The lowest BCUT2D eigenvalue weighted by atomic mass is 10.0. The minimum absolute atomic E-state index is 0.0328. The lowest BCUT2D eigenvalue weighted by Crippen LogP contribution is -2.43. The largest absolute Gasteiger partial charge is 0.492 e. The minimum atomic E-state index is -3.61. The molecule has 2 rings (SSSR count). The van der Waals surface area contributed by atoms with Crippen LogP contribution in [-0.2, 0) is 10.7 Å². The van der Waals surface area contributed by atoms with Gasteiger partial charge in [-0.15, -0.1) is 0 Å². The second-order valence-electron chi connectivity index (χ2n) is 5.74. The third-order valence-corrected chi connectivity index (χ3v) is 3.63. The quantitative estimate of drug-likeness (QED) is 0.871. The molecule has 0 saturated heterocycles. The number of hydrazine groups is 1. The molecule has 4 nitrogen and oxygen atoms in total. The van der Waals surface area contributed by atoms with E-state index < -0.39 is 30.0 Å². The number of halogens is 3. The predicted molar refractivity (Wildman–Crippen MR) is 79.9 cm³/mol. The van der Waals surface area contributed by atoms with Crippen molar-refractivity contribution in [2.24, 2.45) is 0 Å². The van der Waals surface area contributed by atoms with Crippen LogP contribution in [0, 0.1) is 5.82 Å². The van der Waals surface area contributed by atoms with E-state index in [-0.39, 0.29) is 11.7 Å². The summed E-state index contributed by atoms with van der Waals surface area (Å²) >= 11 is 0. The molecule has 0 fully saturated rings. The van der Waals surface area contributed by atoms with Gasteiger partial charge in [-0.3, -0.25) is 0 Å². The predicted octanol–water partition coefficient (Wildman–Crippen LogP) is 3.06. The summed E-state index contributed by atoms with van der Waals surface area (Å²) in [4.78, 5) is 0. The second kappa shape index (κ2) is 6.80. The maximum atomic E-state index is 14.4. The van der Waals surface area contributed by atoms with E-state index in [0.717, 1.165) is 6.07 Å². The number of alkyl halides is 2. The Bertz CT molecular complexity index is 593. The molecule has 1 heterocycles. The Hall–Kier alpha value is -1.73. The van der Waals surface area contributed by atoms with Crippen molar-refractivity contribution < 1.29 is 23.0 Å². The fraction of sp³-hybridized carbons (Fsp3) is 0.500. The summed E-state index contributed by atoms with van der Waals surface area (Å²) in [6.07, 6.45) is 1.70. The summed E-state index contributed by atoms with van der Waals surface area (Å²) in [5.41, 5.74) is 2.38. The first-order valence-corrected chi connectivity index (χ1v) is 7.40. The molecule has 1 aromatic carbocycles. The Morgan fingerprint density at radius 3 is 2.78 bits per heavy atom. The van der Waals surface area contributed by atoms with Crippen LogP contribution in [-0.4, -0.2) is 29.4 Å². The van der Waals surface area contributed by atoms with Crippen molar-refractivity contribution in [1.29, 1.82) is 0 Å². The summed E-state index contributed by atoms with van der Waals surface area (Å²) in [6.45, 7) is 4.51. The van der Waals surface area contributed by atoms with E-state index in [9.17, 15) is 13.2 Å². The van der Waals surface area contributed by atoms with Crippen LogP contribution in [0.3, 0.4) is 0 Å². The first-order chi connectivity index (χ1) is 10.7. The molecule has 0 spiro atoms. The van der Waals surface area contributed by atoms with E-state index in [0.29, 0.717) is 12.3 Å². The van der Waals surface area contributed by atoms with Crippen LogP contribution in [0.4, 0.5) is 13.2 Å². The monoisotopic (exact) mass is 330 g/mol. The Balaban J connectivity index is 2.22. The third kappa shape index (κ3) is 3.97. The highest BCUT2D eigenvalue weighted by Gasteiger charge is 2.35. The molecule has 1 aromatic rings. The summed E-state index contributed by atoms with van der Waals surface area (Å²) in [5, 5.41) is 10.5. The Kier molecular flexibility index (Phi) is 5.21. The summed E-state index contributed by atoms with van der Waals surface area (Å²) in [5.74, 6) is -3.90. The van der Waals surface area contributed by atoms with Crippen LogP contribution in [0.25, 0.3) is 0 Å². The molecule has 23 heavy (non-hydrogen) atoms. The molecule has 2 N–H and O–H groups in total. The van der Waals surface area contributed by atoms with E-state index in [2.05, 4.69) is 5.43 Å². The smallest absolute Gasteiger partial charge is 0.298 e. The molecule has 0 aliphatic carbocycles.